The Labute approximate surface area is 205 Å². The monoisotopic (exact) mass is 652 g/mol. The maximum absolute atomic E-state index is 12.7. The Morgan fingerprint density at radius 2 is 1.80 bits per heavy atom. The van der Waals surface area contributed by atoms with Gasteiger partial charge in [-0.15, -0.1) is 0 Å². The van der Waals surface area contributed by atoms with E-state index in [-0.39, 0.29) is 18.9 Å². The van der Waals surface area contributed by atoms with Crippen LogP contribution in [-0.2, 0) is 14.3 Å². The van der Waals surface area contributed by atoms with E-state index in [9.17, 15) is 14.4 Å². The number of halogens is 3. The average Bonchev–Trinajstić information content (AvgIpc) is 2.95. The van der Waals surface area contributed by atoms with Gasteiger partial charge >= 0.3 is 12.0 Å². The van der Waals surface area contributed by atoms with Gasteiger partial charge in [0.1, 0.15) is 11.4 Å². The van der Waals surface area contributed by atoms with Crippen LogP contribution in [0.5, 0.6) is 5.75 Å². The predicted molar refractivity (Wildman–Crippen MR) is 129 cm³/mol. The van der Waals surface area contributed by atoms with Crippen LogP contribution in [0.1, 0.15) is 12.5 Å². The summed E-state index contributed by atoms with van der Waals surface area (Å²) in [6.45, 7) is 1.82. The van der Waals surface area contributed by atoms with Gasteiger partial charge in [-0.2, -0.15) is 0 Å². The van der Waals surface area contributed by atoms with Crippen molar-refractivity contribution in [3.8, 4) is 5.75 Å². The number of urea groups is 1. The topological polar surface area (TPSA) is 84.9 Å². The van der Waals surface area contributed by atoms with E-state index in [1.54, 1.807) is 49.4 Å². The van der Waals surface area contributed by atoms with Crippen LogP contribution in [0.15, 0.2) is 42.1 Å². The average molecular weight is 653 g/mol. The lowest BCUT2D eigenvalue weighted by molar-refractivity contribution is -0.145. The molecule has 2 aromatic rings. The maximum Gasteiger partial charge on any atom is 0.344 e. The van der Waals surface area contributed by atoms with Crippen molar-refractivity contribution < 1.29 is 23.9 Å². The van der Waals surface area contributed by atoms with Gasteiger partial charge in [0.05, 0.1) is 19.4 Å². The molecule has 7 nitrogen and oxygen atoms in total. The predicted octanol–water partition coefficient (Wildman–Crippen LogP) is 4.59. The van der Waals surface area contributed by atoms with E-state index in [1.807, 2.05) is 0 Å². The van der Waals surface area contributed by atoms with Crippen molar-refractivity contribution in [2.75, 3.05) is 18.1 Å². The van der Waals surface area contributed by atoms with Crippen molar-refractivity contribution >= 4 is 86.5 Å². The first-order valence-corrected chi connectivity index (χ1v) is 11.2. The first-order chi connectivity index (χ1) is 14.3. The van der Waals surface area contributed by atoms with E-state index in [4.69, 9.17) is 21.1 Å². The Morgan fingerprint density at radius 3 is 2.40 bits per heavy atom. The number of carbonyl (C=O) groups excluding carboxylic acids is 3. The SMILES string of the molecule is CCOC(=O)COc1c(I)cc(/C=C2/NC(=O)N(c3ccc(Cl)cc3)C2=O)cc1I. The van der Waals surface area contributed by atoms with E-state index < -0.39 is 17.9 Å². The van der Waals surface area contributed by atoms with Crippen LogP contribution >= 0.6 is 56.8 Å². The molecule has 3 rings (SSSR count). The number of hydrogen-bond acceptors (Lipinski definition) is 5. The quantitative estimate of drug-likeness (QED) is 0.214. The summed E-state index contributed by atoms with van der Waals surface area (Å²) in [5.74, 6) is -0.359. The number of nitrogens with zero attached hydrogens (tertiary/aromatic N) is 1. The number of esters is 1. The van der Waals surface area contributed by atoms with Crippen LogP contribution in [0.3, 0.4) is 0 Å². The molecule has 0 saturated carbocycles. The van der Waals surface area contributed by atoms with Gasteiger partial charge in [-0.1, -0.05) is 11.6 Å². The molecule has 1 fully saturated rings. The number of amides is 3. The summed E-state index contributed by atoms with van der Waals surface area (Å²) in [6, 6.07) is 9.47. The molecule has 0 aromatic heterocycles. The highest BCUT2D eigenvalue weighted by molar-refractivity contribution is 14.1. The van der Waals surface area contributed by atoms with Gasteiger partial charge in [0.25, 0.3) is 5.91 Å². The van der Waals surface area contributed by atoms with Crippen LogP contribution in [0, 0.1) is 7.14 Å². The third kappa shape index (κ3) is 5.24. The zero-order valence-electron chi connectivity index (χ0n) is 15.6. The molecule has 1 aliphatic rings. The van der Waals surface area contributed by atoms with Crippen LogP contribution in [0.25, 0.3) is 6.08 Å². The fraction of sp³-hybridized carbons (Fsp3) is 0.150. The van der Waals surface area contributed by atoms with E-state index in [0.29, 0.717) is 22.0 Å². The molecule has 0 bridgehead atoms. The van der Waals surface area contributed by atoms with Gasteiger partial charge in [-0.25, -0.2) is 14.5 Å². The van der Waals surface area contributed by atoms with E-state index >= 15 is 0 Å². The third-order valence-corrected chi connectivity index (χ3v) is 5.79. The minimum Gasteiger partial charge on any atom is -0.480 e. The molecule has 156 valence electrons. The molecule has 30 heavy (non-hydrogen) atoms. The van der Waals surface area contributed by atoms with E-state index in [0.717, 1.165) is 12.0 Å². The molecule has 0 aliphatic carbocycles. The zero-order chi connectivity index (χ0) is 21.8. The Kier molecular flexibility index (Phi) is 7.58. The number of rotatable bonds is 6. The van der Waals surface area contributed by atoms with Gasteiger partial charge in [-0.05, 0) is 100 Å². The number of hydrogen-bond donors (Lipinski definition) is 1. The summed E-state index contributed by atoms with van der Waals surface area (Å²) in [6.07, 6.45) is 1.59. The number of anilines is 1. The minimum atomic E-state index is -0.535. The van der Waals surface area contributed by atoms with Crippen molar-refractivity contribution in [3.05, 3.63) is 59.8 Å². The summed E-state index contributed by atoms with van der Waals surface area (Å²) >= 11 is 10.0. The number of ether oxygens (including phenoxy) is 2. The number of imide groups is 1. The van der Waals surface area contributed by atoms with Crippen molar-refractivity contribution in [3.63, 3.8) is 0 Å². The van der Waals surface area contributed by atoms with Gasteiger partial charge in [-0.3, -0.25) is 4.79 Å². The highest BCUT2D eigenvalue weighted by Crippen LogP contribution is 2.31. The van der Waals surface area contributed by atoms with Crippen LogP contribution in [-0.4, -0.2) is 31.1 Å². The maximum atomic E-state index is 12.7. The number of nitrogens with one attached hydrogen (secondary N) is 1. The Morgan fingerprint density at radius 1 is 1.17 bits per heavy atom. The molecule has 1 heterocycles. The van der Waals surface area contributed by atoms with Gasteiger partial charge < -0.3 is 14.8 Å². The fourth-order valence-corrected chi connectivity index (χ4v) is 4.91. The summed E-state index contributed by atoms with van der Waals surface area (Å²) in [4.78, 5) is 37.6. The number of benzene rings is 2. The van der Waals surface area contributed by atoms with Crippen LogP contribution < -0.4 is 15.0 Å². The highest BCUT2D eigenvalue weighted by atomic mass is 127. The molecular formula is C20H15ClI2N2O5. The van der Waals surface area contributed by atoms with E-state index in [2.05, 4.69) is 50.5 Å². The second kappa shape index (κ2) is 9.96. The Bertz CT molecular complexity index is 1020. The van der Waals surface area contributed by atoms with Crippen LogP contribution in [0.2, 0.25) is 5.02 Å². The lowest BCUT2D eigenvalue weighted by Crippen LogP contribution is -2.30. The van der Waals surface area contributed by atoms with E-state index in [1.165, 1.54) is 0 Å². The van der Waals surface area contributed by atoms with Gasteiger partial charge in [0.15, 0.2) is 6.61 Å². The molecule has 10 heteroatoms. The van der Waals surface area contributed by atoms with Gasteiger partial charge in [0, 0.05) is 5.02 Å². The number of carbonyl (C=O) groups is 3. The largest absolute Gasteiger partial charge is 0.480 e. The second-order valence-electron chi connectivity index (χ2n) is 6.01. The molecule has 1 aliphatic heterocycles. The molecule has 2 aromatic carbocycles. The van der Waals surface area contributed by atoms with Crippen molar-refractivity contribution in [1.82, 2.24) is 5.32 Å². The molecule has 0 spiro atoms. The summed E-state index contributed by atoms with van der Waals surface area (Å²) in [5.41, 5.74) is 1.29. The zero-order valence-corrected chi connectivity index (χ0v) is 20.6. The first kappa shape index (κ1) is 22.8. The van der Waals surface area contributed by atoms with Crippen molar-refractivity contribution in [2.24, 2.45) is 0 Å². The van der Waals surface area contributed by atoms with Crippen molar-refractivity contribution in [2.45, 2.75) is 6.92 Å². The summed E-state index contributed by atoms with van der Waals surface area (Å²) in [5, 5.41) is 3.10. The molecule has 1 saturated heterocycles. The summed E-state index contributed by atoms with van der Waals surface area (Å²) in [7, 11) is 0. The smallest absolute Gasteiger partial charge is 0.344 e. The molecule has 3 amide bonds. The second-order valence-corrected chi connectivity index (χ2v) is 8.77. The van der Waals surface area contributed by atoms with Gasteiger partial charge in [0.2, 0.25) is 0 Å². The van der Waals surface area contributed by atoms with Crippen molar-refractivity contribution in [1.29, 1.82) is 0 Å². The van der Waals surface area contributed by atoms with Crippen LogP contribution in [0.4, 0.5) is 10.5 Å². The molecule has 1 N–H and O–H groups in total. The first-order valence-electron chi connectivity index (χ1n) is 8.70. The summed E-state index contributed by atoms with van der Waals surface area (Å²) < 4.78 is 11.9. The Hall–Kier alpha value is -1.86. The molecule has 0 unspecified atom stereocenters. The highest BCUT2D eigenvalue weighted by Gasteiger charge is 2.34. The lowest BCUT2D eigenvalue weighted by Gasteiger charge is -2.12. The third-order valence-electron chi connectivity index (χ3n) is 3.93. The standard InChI is InChI=1S/C20H15ClI2N2O5/c1-2-29-17(26)10-30-18-14(22)7-11(8-15(18)23)9-16-19(27)25(20(28)24-16)13-5-3-12(21)4-6-13/h3-9H,2,10H2,1H3,(H,24,28)/b16-9+. The minimum absolute atomic E-state index is 0.154. The normalized spacial score (nSPS) is 14.8. The molecule has 0 radical (unpaired) electrons. The lowest BCUT2D eigenvalue weighted by atomic mass is 10.2. The molecule has 0 atom stereocenters. The Balaban J connectivity index is 1.81. The fourth-order valence-electron chi connectivity index (χ4n) is 2.66. The molecular weight excluding hydrogens is 637 g/mol.